The van der Waals surface area contributed by atoms with Gasteiger partial charge in [0.1, 0.15) is 4.83 Å². The molecule has 0 bridgehead atoms. The predicted octanol–water partition coefficient (Wildman–Crippen LogP) is 2.30. The van der Waals surface area contributed by atoms with Crippen molar-refractivity contribution in [3.63, 3.8) is 0 Å². The van der Waals surface area contributed by atoms with E-state index in [1.54, 1.807) is 0 Å². The second kappa shape index (κ2) is 6.68. The van der Waals surface area contributed by atoms with Crippen LogP contribution in [0, 0.1) is 13.8 Å². The average Bonchev–Trinajstić information content (AvgIpc) is 2.96. The summed E-state index contributed by atoms with van der Waals surface area (Å²) in [6, 6.07) is 6.04. The molecule has 0 fully saturated rings. The molecule has 0 saturated carbocycles. The zero-order valence-corrected chi connectivity index (χ0v) is 14.9. The highest BCUT2D eigenvalue weighted by Gasteiger charge is 2.15. The summed E-state index contributed by atoms with van der Waals surface area (Å²) >= 11 is 1.34. The number of H-pyrrole nitrogens is 1. The van der Waals surface area contributed by atoms with Crippen LogP contribution in [0.15, 0.2) is 33.2 Å². The maximum Gasteiger partial charge on any atom is 0.329 e. The summed E-state index contributed by atoms with van der Waals surface area (Å²) in [5.74, 6) is -0.447. The van der Waals surface area contributed by atoms with E-state index in [1.165, 1.54) is 16.9 Å². The molecule has 7 heteroatoms. The predicted molar refractivity (Wildman–Crippen MR) is 100 cm³/mol. The lowest BCUT2D eigenvalue weighted by atomic mass is 10.0. The number of amides is 1. The van der Waals surface area contributed by atoms with E-state index in [4.69, 9.17) is 5.73 Å². The van der Waals surface area contributed by atoms with Crippen molar-refractivity contribution in [3.05, 3.63) is 55.5 Å². The van der Waals surface area contributed by atoms with Crippen molar-refractivity contribution in [2.45, 2.75) is 33.2 Å². The van der Waals surface area contributed by atoms with Gasteiger partial charge < -0.3 is 5.73 Å². The van der Waals surface area contributed by atoms with Gasteiger partial charge in [0.15, 0.2) is 0 Å². The van der Waals surface area contributed by atoms with Crippen LogP contribution in [0.25, 0.3) is 21.3 Å². The van der Waals surface area contributed by atoms with Crippen LogP contribution < -0.4 is 17.0 Å². The molecule has 0 aliphatic heterocycles. The van der Waals surface area contributed by atoms with E-state index in [9.17, 15) is 14.4 Å². The highest BCUT2D eigenvalue weighted by atomic mass is 32.1. The van der Waals surface area contributed by atoms with Crippen LogP contribution in [0.5, 0.6) is 0 Å². The lowest BCUT2D eigenvalue weighted by Gasteiger charge is -2.07. The Morgan fingerprint density at radius 1 is 1.24 bits per heavy atom. The number of aromatic nitrogens is 2. The van der Waals surface area contributed by atoms with Gasteiger partial charge in [0.25, 0.3) is 5.56 Å². The summed E-state index contributed by atoms with van der Waals surface area (Å²) in [6.07, 6.45) is 0.491. The van der Waals surface area contributed by atoms with Gasteiger partial charge in [-0.15, -0.1) is 11.3 Å². The second-order valence-electron chi connectivity index (χ2n) is 6.11. The number of hydrogen-bond acceptors (Lipinski definition) is 4. The molecular formula is C18H19N3O3S. The number of thiophene rings is 1. The topological polar surface area (TPSA) is 97.9 Å². The molecule has 2 heterocycles. The van der Waals surface area contributed by atoms with Gasteiger partial charge in [-0.1, -0.05) is 18.2 Å². The summed E-state index contributed by atoms with van der Waals surface area (Å²) < 4.78 is 1.14. The lowest BCUT2D eigenvalue weighted by Crippen LogP contribution is -2.35. The monoisotopic (exact) mass is 357 g/mol. The zero-order chi connectivity index (χ0) is 18.1. The van der Waals surface area contributed by atoms with Gasteiger partial charge >= 0.3 is 5.69 Å². The number of fused-ring (bicyclic) bond motifs is 1. The number of primary amides is 1. The molecule has 0 atom stereocenters. The Morgan fingerprint density at radius 2 is 2.00 bits per heavy atom. The average molecular weight is 357 g/mol. The third kappa shape index (κ3) is 3.28. The van der Waals surface area contributed by atoms with E-state index >= 15 is 0 Å². The first-order chi connectivity index (χ1) is 11.9. The third-order valence-electron chi connectivity index (χ3n) is 4.34. The molecule has 6 nitrogen and oxygen atoms in total. The Kier molecular flexibility index (Phi) is 4.59. The number of nitrogens with zero attached hydrogens (tertiary/aromatic N) is 1. The quantitative estimate of drug-likeness (QED) is 0.733. The van der Waals surface area contributed by atoms with Crippen LogP contribution in [0.1, 0.15) is 24.0 Å². The smallest absolute Gasteiger partial charge is 0.329 e. The third-order valence-corrected chi connectivity index (χ3v) is 5.23. The first kappa shape index (κ1) is 17.2. The number of aromatic amines is 1. The van der Waals surface area contributed by atoms with Gasteiger partial charge in [-0.25, -0.2) is 4.79 Å². The van der Waals surface area contributed by atoms with Gasteiger partial charge in [-0.2, -0.15) is 0 Å². The molecule has 25 heavy (non-hydrogen) atoms. The number of nitrogens with one attached hydrogen (secondary N) is 1. The Balaban J connectivity index is 2.13. The molecule has 0 radical (unpaired) electrons. The molecule has 0 unspecified atom stereocenters. The van der Waals surface area contributed by atoms with Gasteiger partial charge in [-0.3, -0.25) is 19.1 Å². The molecule has 3 aromatic rings. The summed E-state index contributed by atoms with van der Waals surface area (Å²) in [4.78, 5) is 39.2. The van der Waals surface area contributed by atoms with Crippen molar-refractivity contribution in [2.24, 2.45) is 5.73 Å². The highest BCUT2D eigenvalue weighted by Crippen LogP contribution is 2.31. The minimum absolute atomic E-state index is 0.136. The number of benzene rings is 1. The number of nitrogens with two attached hydrogens (primary N) is 1. The van der Waals surface area contributed by atoms with Crippen molar-refractivity contribution in [2.75, 3.05) is 0 Å². The fraction of sp³-hybridized carbons (Fsp3) is 0.278. The van der Waals surface area contributed by atoms with E-state index in [-0.39, 0.29) is 18.5 Å². The van der Waals surface area contributed by atoms with Crippen molar-refractivity contribution < 1.29 is 4.79 Å². The lowest BCUT2D eigenvalue weighted by molar-refractivity contribution is -0.118. The number of carbonyl (C=O) groups is 1. The molecule has 0 aliphatic carbocycles. The van der Waals surface area contributed by atoms with Crippen LogP contribution in [-0.4, -0.2) is 15.5 Å². The molecule has 0 aliphatic rings. The number of aryl methyl sites for hydroxylation is 2. The van der Waals surface area contributed by atoms with Crippen LogP contribution in [0.2, 0.25) is 0 Å². The van der Waals surface area contributed by atoms with Crippen molar-refractivity contribution >= 4 is 27.5 Å². The fourth-order valence-electron chi connectivity index (χ4n) is 2.79. The molecule has 3 rings (SSSR count). The van der Waals surface area contributed by atoms with Gasteiger partial charge in [0.05, 0.1) is 5.39 Å². The van der Waals surface area contributed by atoms with Crippen molar-refractivity contribution in [1.82, 2.24) is 9.55 Å². The van der Waals surface area contributed by atoms with Crippen molar-refractivity contribution in [3.8, 4) is 11.1 Å². The SMILES string of the molecule is Cc1ccc(-c2csc3[nH]c(=O)n(CCCC(N)=O)c(=O)c23)cc1C. The number of hydrogen-bond donors (Lipinski definition) is 2. The molecule has 2 aromatic heterocycles. The van der Waals surface area contributed by atoms with E-state index in [1.807, 2.05) is 37.4 Å². The molecular weight excluding hydrogens is 338 g/mol. The van der Waals surface area contributed by atoms with Crippen LogP contribution >= 0.6 is 11.3 Å². The first-order valence-corrected chi connectivity index (χ1v) is 8.86. The summed E-state index contributed by atoms with van der Waals surface area (Å²) in [6.45, 7) is 4.22. The van der Waals surface area contributed by atoms with E-state index < -0.39 is 11.6 Å². The number of rotatable bonds is 5. The first-order valence-electron chi connectivity index (χ1n) is 7.98. The van der Waals surface area contributed by atoms with Crippen LogP contribution in [0.4, 0.5) is 0 Å². The van der Waals surface area contributed by atoms with Crippen LogP contribution in [-0.2, 0) is 11.3 Å². The Bertz CT molecular complexity index is 1080. The second-order valence-corrected chi connectivity index (χ2v) is 6.99. The fourth-order valence-corrected chi connectivity index (χ4v) is 3.74. The normalized spacial score (nSPS) is 11.1. The van der Waals surface area contributed by atoms with Gasteiger partial charge in [-0.05, 0) is 37.0 Å². The molecule has 1 amide bonds. The number of carbonyl (C=O) groups excluding carboxylic acids is 1. The van der Waals surface area contributed by atoms with E-state index in [2.05, 4.69) is 4.98 Å². The molecule has 0 saturated heterocycles. The maximum absolute atomic E-state index is 12.9. The minimum Gasteiger partial charge on any atom is -0.370 e. The standard InChI is InChI=1S/C18H19N3O3S/c1-10-5-6-12(8-11(10)2)13-9-25-16-15(13)17(23)21(18(24)20-16)7-3-4-14(19)22/h5-6,8-9H,3-4,7H2,1-2H3,(H2,19,22)(H,20,24). The van der Waals surface area contributed by atoms with E-state index in [0.29, 0.717) is 16.6 Å². The Labute approximate surface area is 147 Å². The van der Waals surface area contributed by atoms with E-state index in [0.717, 1.165) is 21.3 Å². The molecule has 1 aromatic carbocycles. The van der Waals surface area contributed by atoms with Gasteiger partial charge in [0, 0.05) is 23.9 Å². The zero-order valence-electron chi connectivity index (χ0n) is 14.1. The molecule has 3 N–H and O–H groups in total. The summed E-state index contributed by atoms with van der Waals surface area (Å²) in [7, 11) is 0. The van der Waals surface area contributed by atoms with Gasteiger partial charge in [0.2, 0.25) is 5.91 Å². The Hall–Kier alpha value is -2.67. The Morgan fingerprint density at radius 3 is 2.68 bits per heavy atom. The summed E-state index contributed by atoms with van der Waals surface area (Å²) in [5.41, 5.74) is 8.41. The largest absolute Gasteiger partial charge is 0.370 e. The highest BCUT2D eigenvalue weighted by molar-refractivity contribution is 7.17. The maximum atomic E-state index is 12.9. The summed E-state index contributed by atoms with van der Waals surface area (Å²) in [5, 5.41) is 2.40. The minimum atomic E-state index is -0.463. The molecule has 130 valence electrons. The van der Waals surface area contributed by atoms with Crippen molar-refractivity contribution in [1.29, 1.82) is 0 Å². The van der Waals surface area contributed by atoms with Crippen LogP contribution in [0.3, 0.4) is 0 Å². The molecule has 0 spiro atoms.